The van der Waals surface area contributed by atoms with Gasteiger partial charge in [0, 0.05) is 12.2 Å². The molecule has 2 heterocycles. The summed E-state index contributed by atoms with van der Waals surface area (Å²) in [6, 6.07) is 7.22. The molecule has 0 saturated carbocycles. The van der Waals surface area contributed by atoms with E-state index in [9.17, 15) is 14.9 Å². The first-order valence-electron chi connectivity index (χ1n) is 7.70. The van der Waals surface area contributed by atoms with Gasteiger partial charge in [-0.15, -0.1) is 0 Å². The van der Waals surface area contributed by atoms with Crippen LogP contribution in [0.25, 0.3) is 0 Å². The Balaban J connectivity index is 1.94. The number of nitrogens with zero attached hydrogens (tertiary/aromatic N) is 4. The molecule has 7 nitrogen and oxygen atoms in total. The van der Waals surface area contributed by atoms with Crippen LogP contribution in [0.1, 0.15) is 30.6 Å². The molecule has 0 aliphatic carbocycles. The van der Waals surface area contributed by atoms with Gasteiger partial charge < -0.3 is 15.0 Å². The molecule has 0 N–H and O–H groups in total. The van der Waals surface area contributed by atoms with E-state index >= 15 is 0 Å². The molecular weight excluding hydrogens is 376 g/mol. The Hall–Kier alpha value is -2.22. The normalized spacial score (nSPS) is 15.0. The molecule has 0 unspecified atom stereocenters. The zero-order valence-electron chi connectivity index (χ0n) is 13.4. The lowest BCUT2D eigenvalue weighted by Gasteiger charge is -2.31. The molecule has 1 aromatic carbocycles. The van der Waals surface area contributed by atoms with Crippen LogP contribution in [-0.4, -0.2) is 27.2 Å². The third-order valence-electron chi connectivity index (χ3n) is 4.33. The molecule has 1 aliphatic rings. The average Bonchev–Trinajstić information content (AvgIpc) is 2.89. The van der Waals surface area contributed by atoms with Gasteiger partial charge in [0.2, 0.25) is 0 Å². The third-order valence-corrected chi connectivity index (χ3v) is 5.26. The van der Waals surface area contributed by atoms with Crippen LogP contribution in [0.15, 0.2) is 28.7 Å². The first-order chi connectivity index (χ1) is 11.4. The molecular formula is C16H17BrN4O3. The van der Waals surface area contributed by atoms with Crippen LogP contribution in [0.5, 0.6) is 0 Å². The van der Waals surface area contributed by atoms with Crippen molar-refractivity contribution in [3.63, 3.8) is 0 Å². The zero-order chi connectivity index (χ0) is 17.4. The molecule has 24 heavy (non-hydrogen) atoms. The van der Waals surface area contributed by atoms with Crippen LogP contribution < -0.4 is 4.90 Å². The van der Waals surface area contributed by atoms with Gasteiger partial charge in [0.05, 0.1) is 10.8 Å². The molecule has 1 aliphatic heterocycles. The molecule has 0 spiro atoms. The molecule has 2 aromatic rings. The summed E-state index contributed by atoms with van der Waals surface area (Å²) in [6.07, 6.45) is 1.85. The highest BCUT2D eigenvalue weighted by molar-refractivity contribution is 9.10. The Morgan fingerprint density at radius 3 is 2.79 bits per heavy atom. The molecule has 126 valence electrons. The molecule has 1 aromatic heterocycles. The Labute approximate surface area is 147 Å². The van der Waals surface area contributed by atoms with Gasteiger partial charge in [0.25, 0.3) is 5.91 Å². The van der Waals surface area contributed by atoms with Gasteiger partial charge in [-0.1, -0.05) is 18.2 Å². The van der Waals surface area contributed by atoms with E-state index < -0.39 is 11.0 Å². The van der Waals surface area contributed by atoms with E-state index in [0.29, 0.717) is 16.7 Å². The lowest BCUT2D eigenvalue weighted by molar-refractivity contribution is -0.390. The first-order valence-corrected chi connectivity index (χ1v) is 8.49. The van der Waals surface area contributed by atoms with Gasteiger partial charge in [-0.2, -0.15) is 4.68 Å². The van der Waals surface area contributed by atoms with Gasteiger partial charge in [-0.3, -0.25) is 4.79 Å². The van der Waals surface area contributed by atoms with E-state index in [0.717, 1.165) is 24.1 Å². The minimum Gasteiger partial charge on any atom is -0.358 e. The lowest BCUT2D eigenvalue weighted by Crippen LogP contribution is -2.40. The number of carbonyl (C=O) groups is 1. The minimum atomic E-state index is -0.624. The number of nitro groups is 1. The van der Waals surface area contributed by atoms with E-state index in [1.807, 2.05) is 24.3 Å². The first kappa shape index (κ1) is 16.6. The Morgan fingerprint density at radius 2 is 2.12 bits per heavy atom. The van der Waals surface area contributed by atoms with Crippen molar-refractivity contribution in [3.05, 3.63) is 50.1 Å². The quantitative estimate of drug-likeness (QED) is 0.591. The summed E-state index contributed by atoms with van der Waals surface area (Å²) in [5.41, 5.74) is 2.63. The number of aromatic nitrogens is 2. The van der Waals surface area contributed by atoms with Crippen molar-refractivity contribution in [3.8, 4) is 0 Å². The molecule has 0 radical (unpaired) electrons. The fourth-order valence-corrected chi connectivity index (χ4v) is 3.48. The number of anilines is 1. The maximum Gasteiger partial charge on any atom is 0.404 e. The summed E-state index contributed by atoms with van der Waals surface area (Å²) in [5, 5.41) is 15.1. The number of hydrogen-bond acceptors (Lipinski definition) is 4. The van der Waals surface area contributed by atoms with Crippen molar-refractivity contribution in [2.75, 3.05) is 11.4 Å². The van der Waals surface area contributed by atoms with Crippen molar-refractivity contribution >= 4 is 33.3 Å². The Bertz CT molecular complexity index is 818. The maximum atomic E-state index is 13.0. The van der Waals surface area contributed by atoms with E-state index in [4.69, 9.17) is 0 Å². The standard InChI is InChI=1S/C16H17BrN4O3/c1-10-14(17)15(21(23)24)18-20(10)11(2)16(22)19-9-5-7-12-6-3-4-8-13(12)19/h3-4,6,8,11H,5,7,9H2,1-2H3/t11-/m0/s1. The van der Waals surface area contributed by atoms with E-state index in [-0.39, 0.29) is 11.7 Å². The third kappa shape index (κ3) is 2.71. The van der Waals surface area contributed by atoms with Crippen LogP contribution >= 0.6 is 15.9 Å². The van der Waals surface area contributed by atoms with Crippen LogP contribution in [0.3, 0.4) is 0 Å². The maximum absolute atomic E-state index is 13.0. The predicted molar refractivity (Wildman–Crippen MR) is 93.1 cm³/mol. The summed E-state index contributed by atoms with van der Waals surface area (Å²) in [6.45, 7) is 4.07. The lowest BCUT2D eigenvalue weighted by atomic mass is 10.0. The molecule has 0 saturated heterocycles. The smallest absolute Gasteiger partial charge is 0.358 e. The highest BCUT2D eigenvalue weighted by Crippen LogP contribution is 2.32. The van der Waals surface area contributed by atoms with Crippen LogP contribution in [-0.2, 0) is 11.2 Å². The highest BCUT2D eigenvalue weighted by Gasteiger charge is 2.33. The van der Waals surface area contributed by atoms with E-state index in [1.165, 1.54) is 4.68 Å². The minimum absolute atomic E-state index is 0.116. The number of fused-ring (bicyclic) bond motifs is 1. The second-order valence-electron chi connectivity index (χ2n) is 5.82. The van der Waals surface area contributed by atoms with Crippen LogP contribution in [0.2, 0.25) is 0 Å². The SMILES string of the molecule is Cc1c(Br)c([N+](=O)[O-])nn1[C@@H](C)C(=O)N1CCCc2ccccc21. The number of carbonyl (C=O) groups excluding carboxylic acids is 1. The van der Waals surface area contributed by atoms with E-state index in [1.54, 1.807) is 18.7 Å². The van der Waals surface area contributed by atoms with Crippen molar-refractivity contribution in [2.45, 2.75) is 32.7 Å². The predicted octanol–water partition coefficient (Wildman–Crippen LogP) is 3.40. The molecule has 1 atom stereocenters. The number of para-hydroxylation sites is 1. The van der Waals surface area contributed by atoms with Crippen LogP contribution in [0, 0.1) is 17.0 Å². The fourth-order valence-electron chi connectivity index (χ4n) is 3.07. The zero-order valence-corrected chi connectivity index (χ0v) is 15.0. The number of aryl methyl sites for hydroxylation is 1. The molecule has 3 rings (SSSR count). The molecule has 1 amide bonds. The van der Waals surface area contributed by atoms with Gasteiger partial charge in [0.1, 0.15) is 10.5 Å². The number of amides is 1. The summed E-state index contributed by atoms with van der Waals surface area (Å²) in [7, 11) is 0. The molecule has 0 bridgehead atoms. The van der Waals surface area contributed by atoms with Crippen molar-refractivity contribution in [1.82, 2.24) is 9.78 Å². The fraction of sp³-hybridized carbons (Fsp3) is 0.375. The van der Waals surface area contributed by atoms with Gasteiger partial charge in [-0.25, -0.2) is 0 Å². The van der Waals surface area contributed by atoms with Gasteiger partial charge in [0.15, 0.2) is 0 Å². The van der Waals surface area contributed by atoms with Crippen LogP contribution in [0.4, 0.5) is 11.5 Å². The topological polar surface area (TPSA) is 81.3 Å². The Kier molecular flexibility index (Phi) is 4.40. The van der Waals surface area contributed by atoms with Crippen molar-refractivity contribution < 1.29 is 9.72 Å². The monoisotopic (exact) mass is 392 g/mol. The molecule has 0 fully saturated rings. The van der Waals surface area contributed by atoms with E-state index in [2.05, 4.69) is 21.0 Å². The largest absolute Gasteiger partial charge is 0.404 e. The summed E-state index contributed by atoms with van der Waals surface area (Å²) in [4.78, 5) is 25.2. The summed E-state index contributed by atoms with van der Waals surface area (Å²) in [5.74, 6) is -0.388. The number of hydrogen-bond donors (Lipinski definition) is 0. The van der Waals surface area contributed by atoms with Crippen molar-refractivity contribution in [2.24, 2.45) is 0 Å². The van der Waals surface area contributed by atoms with Gasteiger partial charge in [-0.05, 0) is 59.2 Å². The summed E-state index contributed by atoms with van der Waals surface area (Å²) < 4.78 is 1.73. The van der Waals surface area contributed by atoms with Gasteiger partial charge >= 0.3 is 5.82 Å². The van der Waals surface area contributed by atoms with Crippen molar-refractivity contribution in [1.29, 1.82) is 0 Å². The number of benzene rings is 1. The highest BCUT2D eigenvalue weighted by atomic mass is 79.9. The number of halogens is 1. The Morgan fingerprint density at radius 1 is 1.42 bits per heavy atom. The number of rotatable bonds is 3. The molecule has 8 heteroatoms. The average molecular weight is 393 g/mol. The summed E-state index contributed by atoms with van der Waals surface area (Å²) >= 11 is 3.19. The second kappa shape index (κ2) is 6.35. The second-order valence-corrected chi connectivity index (χ2v) is 6.62.